The Labute approximate surface area is 195 Å². The largest absolute Gasteiger partial charge is 0.486 e. The summed E-state index contributed by atoms with van der Waals surface area (Å²) in [5.41, 5.74) is 0.269. The smallest absolute Gasteiger partial charge is 0.252 e. The summed E-state index contributed by atoms with van der Waals surface area (Å²) in [4.78, 5) is 15.2. The fourth-order valence-electron chi connectivity index (χ4n) is 4.01. The topological polar surface area (TPSA) is 107 Å². The van der Waals surface area contributed by atoms with Crippen molar-refractivity contribution >= 4 is 20.9 Å². The minimum atomic E-state index is -4.29. The number of benzene rings is 2. The molecule has 1 atom stereocenters. The van der Waals surface area contributed by atoms with Crippen LogP contribution in [0.15, 0.2) is 52.2 Å². The van der Waals surface area contributed by atoms with E-state index in [2.05, 4.69) is 4.98 Å². The van der Waals surface area contributed by atoms with E-state index in [4.69, 9.17) is 18.9 Å². The second kappa shape index (κ2) is 9.34. The van der Waals surface area contributed by atoms with Gasteiger partial charge in [0.2, 0.25) is 10.0 Å². The third kappa shape index (κ3) is 4.51. The van der Waals surface area contributed by atoms with Crippen LogP contribution in [-0.2, 0) is 26.0 Å². The Morgan fingerprint density at radius 3 is 2.53 bits per heavy atom. The molecule has 0 aliphatic carbocycles. The van der Waals surface area contributed by atoms with Crippen molar-refractivity contribution in [3.05, 3.63) is 64.2 Å². The highest BCUT2D eigenvalue weighted by molar-refractivity contribution is 7.89. The van der Waals surface area contributed by atoms with E-state index in [0.717, 1.165) is 10.4 Å². The Morgan fingerprint density at radius 2 is 1.79 bits per heavy atom. The maximum atomic E-state index is 14.5. The van der Waals surface area contributed by atoms with Gasteiger partial charge < -0.3 is 23.9 Å². The number of rotatable bonds is 6. The molecule has 34 heavy (non-hydrogen) atoms. The van der Waals surface area contributed by atoms with Crippen LogP contribution in [0.25, 0.3) is 10.9 Å². The van der Waals surface area contributed by atoms with Gasteiger partial charge in [-0.3, -0.25) is 4.79 Å². The van der Waals surface area contributed by atoms with Crippen molar-refractivity contribution in [3.8, 4) is 11.5 Å². The van der Waals surface area contributed by atoms with Crippen molar-refractivity contribution < 1.29 is 31.8 Å². The highest BCUT2D eigenvalue weighted by Gasteiger charge is 2.31. The molecule has 0 radical (unpaired) electrons. The molecule has 2 aromatic carbocycles. The summed E-state index contributed by atoms with van der Waals surface area (Å²) < 4.78 is 64.6. The Kier molecular flexibility index (Phi) is 6.26. The number of hydrogen-bond acceptors (Lipinski definition) is 7. The number of H-pyrrole nitrogens is 1. The van der Waals surface area contributed by atoms with E-state index in [9.17, 15) is 17.6 Å². The summed E-state index contributed by atoms with van der Waals surface area (Å²) in [7, 11) is -4.29. The molecule has 9 nitrogen and oxygen atoms in total. The van der Waals surface area contributed by atoms with E-state index in [1.807, 2.05) is 0 Å². The van der Waals surface area contributed by atoms with E-state index in [1.165, 1.54) is 18.2 Å². The first-order chi connectivity index (χ1) is 16.4. The number of nitrogens with zero attached hydrogens (tertiary/aromatic N) is 1. The van der Waals surface area contributed by atoms with Gasteiger partial charge in [-0.15, -0.1) is 0 Å². The SMILES string of the molecule is O=c1[nH]c2cc3c(cc2cc1CN(CC1COCCO1)S(=O)(=O)c1ccccc1F)OCCO3. The number of hydrogen-bond donors (Lipinski definition) is 1. The first kappa shape index (κ1) is 22.8. The van der Waals surface area contributed by atoms with Crippen molar-refractivity contribution in [1.82, 2.24) is 9.29 Å². The number of pyridine rings is 1. The van der Waals surface area contributed by atoms with Gasteiger partial charge in [0.05, 0.1) is 31.4 Å². The molecule has 0 spiro atoms. The third-order valence-electron chi connectivity index (χ3n) is 5.68. The molecular formula is C23H23FN2O7S. The molecule has 0 bridgehead atoms. The number of fused-ring (bicyclic) bond motifs is 2. The zero-order valence-electron chi connectivity index (χ0n) is 18.2. The second-order valence-electron chi connectivity index (χ2n) is 8.00. The molecule has 1 unspecified atom stereocenters. The molecular weight excluding hydrogens is 467 g/mol. The van der Waals surface area contributed by atoms with Gasteiger partial charge in [-0.1, -0.05) is 12.1 Å². The van der Waals surface area contributed by atoms with Crippen LogP contribution >= 0.6 is 0 Å². The third-order valence-corrected chi connectivity index (χ3v) is 7.52. The Hall–Kier alpha value is -2.99. The second-order valence-corrected chi connectivity index (χ2v) is 9.91. The van der Waals surface area contributed by atoms with Crippen molar-refractivity contribution in [3.63, 3.8) is 0 Å². The van der Waals surface area contributed by atoms with Crippen molar-refractivity contribution in [2.45, 2.75) is 17.5 Å². The zero-order valence-corrected chi connectivity index (χ0v) is 19.0. The Balaban J connectivity index is 1.53. The number of aromatic amines is 1. The van der Waals surface area contributed by atoms with Crippen LogP contribution in [0.5, 0.6) is 11.5 Å². The maximum absolute atomic E-state index is 14.5. The molecule has 1 fully saturated rings. The molecule has 2 aliphatic rings. The molecule has 1 saturated heterocycles. The fraction of sp³-hybridized carbons (Fsp3) is 0.348. The highest BCUT2D eigenvalue weighted by atomic mass is 32.2. The molecule has 11 heteroatoms. The Bertz CT molecular complexity index is 1370. The van der Waals surface area contributed by atoms with Crippen LogP contribution in [-0.4, -0.2) is 63.4 Å². The van der Waals surface area contributed by atoms with E-state index in [-0.39, 0.29) is 25.3 Å². The van der Waals surface area contributed by atoms with E-state index >= 15 is 0 Å². The first-order valence-corrected chi connectivity index (χ1v) is 12.3. The van der Waals surface area contributed by atoms with Gasteiger partial charge in [-0.2, -0.15) is 4.31 Å². The van der Waals surface area contributed by atoms with Gasteiger partial charge in [0.25, 0.3) is 5.56 Å². The van der Waals surface area contributed by atoms with Crippen LogP contribution < -0.4 is 15.0 Å². The molecule has 5 rings (SSSR count). The van der Waals surface area contributed by atoms with Gasteiger partial charge in [0.1, 0.15) is 23.9 Å². The average Bonchev–Trinajstić information content (AvgIpc) is 2.83. The summed E-state index contributed by atoms with van der Waals surface area (Å²) in [6, 6.07) is 10.2. The van der Waals surface area contributed by atoms with Gasteiger partial charge in [0, 0.05) is 30.1 Å². The lowest BCUT2D eigenvalue weighted by Crippen LogP contribution is -2.43. The zero-order chi connectivity index (χ0) is 23.7. The lowest BCUT2D eigenvalue weighted by atomic mass is 10.1. The predicted octanol–water partition coefficient (Wildman–Crippen LogP) is 2.04. The summed E-state index contributed by atoms with van der Waals surface area (Å²) in [6.07, 6.45) is -0.549. The molecule has 180 valence electrons. The molecule has 0 amide bonds. The minimum absolute atomic E-state index is 0.102. The summed E-state index contributed by atoms with van der Waals surface area (Å²) in [5.74, 6) is 0.199. The van der Waals surface area contributed by atoms with Crippen LogP contribution in [0.2, 0.25) is 0 Å². The van der Waals surface area contributed by atoms with Crippen LogP contribution in [0.4, 0.5) is 4.39 Å². The lowest BCUT2D eigenvalue weighted by Gasteiger charge is -2.29. The van der Waals surface area contributed by atoms with Crippen LogP contribution in [0, 0.1) is 5.82 Å². The molecule has 3 heterocycles. The van der Waals surface area contributed by atoms with E-state index < -0.39 is 32.4 Å². The monoisotopic (exact) mass is 490 g/mol. The Morgan fingerprint density at radius 1 is 1.03 bits per heavy atom. The fourth-order valence-corrected chi connectivity index (χ4v) is 5.52. The van der Waals surface area contributed by atoms with E-state index in [0.29, 0.717) is 48.8 Å². The molecule has 2 aliphatic heterocycles. The molecule has 1 aromatic heterocycles. The maximum Gasteiger partial charge on any atom is 0.252 e. The highest BCUT2D eigenvalue weighted by Crippen LogP contribution is 2.34. The normalized spacial score (nSPS) is 18.4. The van der Waals surface area contributed by atoms with Crippen molar-refractivity contribution in [1.29, 1.82) is 0 Å². The molecule has 3 aromatic rings. The predicted molar refractivity (Wildman–Crippen MR) is 120 cm³/mol. The summed E-state index contributed by atoms with van der Waals surface area (Å²) in [6.45, 7) is 1.37. The molecule has 0 saturated carbocycles. The van der Waals surface area contributed by atoms with Crippen LogP contribution in [0.1, 0.15) is 5.56 Å². The van der Waals surface area contributed by atoms with Gasteiger partial charge in [0.15, 0.2) is 11.5 Å². The standard InChI is InChI=1S/C23H23FN2O7S/c24-18-3-1-2-4-22(18)34(28,29)26(13-17-14-30-5-6-31-17)12-16-9-15-10-20-21(33-8-7-32-20)11-19(15)25-23(16)27/h1-4,9-11,17H,5-8,12-14H2,(H,25,27). The number of ether oxygens (including phenoxy) is 4. The number of sulfonamides is 1. The van der Waals surface area contributed by atoms with Crippen LogP contribution in [0.3, 0.4) is 0 Å². The van der Waals surface area contributed by atoms with Crippen molar-refractivity contribution in [2.24, 2.45) is 0 Å². The van der Waals surface area contributed by atoms with Gasteiger partial charge >= 0.3 is 0 Å². The average molecular weight is 491 g/mol. The molecule has 1 N–H and O–H groups in total. The van der Waals surface area contributed by atoms with Crippen molar-refractivity contribution in [2.75, 3.05) is 39.6 Å². The number of nitrogens with one attached hydrogen (secondary N) is 1. The minimum Gasteiger partial charge on any atom is -0.486 e. The summed E-state index contributed by atoms with van der Waals surface area (Å²) in [5, 5.41) is 0.652. The van der Waals surface area contributed by atoms with E-state index in [1.54, 1.807) is 18.2 Å². The number of halogens is 1. The number of aromatic nitrogens is 1. The lowest BCUT2D eigenvalue weighted by molar-refractivity contribution is -0.0923. The summed E-state index contributed by atoms with van der Waals surface area (Å²) >= 11 is 0. The van der Waals surface area contributed by atoms with Gasteiger partial charge in [-0.25, -0.2) is 12.8 Å². The van der Waals surface area contributed by atoms with Gasteiger partial charge in [-0.05, 0) is 24.3 Å². The first-order valence-electron chi connectivity index (χ1n) is 10.8. The quantitative estimate of drug-likeness (QED) is 0.564.